The van der Waals surface area contributed by atoms with Gasteiger partial charge in [-0.25, -0.2) is 8.42 Å². The third-order valence-electron chi connectivity index (χ3n) is 3.04. The molecule has 1 saturated heterocycles. The van der Waals surface area contributed by atoms with Gasteiger partial charge in [-0.1, -0.05) is 0 Å². The van der Waals surface area contributed by atoms with Crippen molar-refractivity contribution >= 4 is 10.0 Å². The molecule has 2 atom stereocenters. The summed E-state index contributed by atoms with van der Waals surface area (Å²) in [6, 6.07) is 1.68. The molecule has 0 aromatic carbocycles. The minimum absolute atomic E-state index is 0.0305. The highest BCUT2D eigenvalue weighted by Crippen LogP contribution is 2.31. The molecule has 6 heteroatoms. The van der Waals surface area contributed by atoms with Gasteiger partial charge in [-0.05, 0) is 19.3 Å². The first-order valence-corrected chi connectivity index (χ1v) is 6.74. The standard InChI is InChI=1S/C9H14N2O3S/c10-4-7-15(12,13)11-5-6-14-9-3-1-2-8(9)11/h8-9H,1-3,5-7H2. The van der Waals surface area contributed by atoms with Gasteiger partial charge in [-0.2, -0.15) is 9.57 Å². The van der Waals surface area contributed by atoms with Crippen LogP contribution in [-0.4, -0.2) is 43.8 Å². The van der Waals surface area contributed by atoms with Gasteiger partial charge in [-0.15, -0.1) is 0 Å². The average molecular weight is 230 g/mol. The Morgan fingerprint density at radius 1 is 1.47 bits per heavy atom. The minimum atomic E-state index is -3.40. The number of hydrogen-bond donors (Lipinski definition) is 0. The Bertz CT molecular complexity index is 373. The lowest BCUT2D eigenvalue weighted by Gasteiger charge is -2.36. The zero-order valence-electron chi connectivity index (χ0n) is 8.42. The smallest absolute Gasteiger partial charge is 0.228 e. The van der Waals surface area contributed by atoms with E-state index in [2.05, 4.69) is 0 Å². The Morgan fingerprint density at radius 3 is 3.00 bits per heavy atom. The van der Waals surface area contributed by atoms with E-state index in [1.165, 1.54) is 4.31 Å². The molecule has 0 N–H and O–H groups in total. The molecule has 2 fully saturated rings. The number of nitrogens with zero attached hydrogens (tertiary/aromatic N) is 2. The minimum Gasteiger partial charge on any atom is -0.375 e. The van der Waals surface area contributed by atoms with Crippen LogP contribution in [0.2, 0.25) is 0 Å². The molecule has 1 heterocycles. The van der Waals surface area contributed by atoms with Gasteiger partial charge < -0.3 is 4.74 Å². The quantitative estimate of drug-likeness (QED) is 0.674. The van der Waals surface area contributed by atoms with E-state index >= 15 is 0 Å². The number of fused-ring (bicyclic) bond motifs is 1. The maximum atomic E-state index is 11.8. The monoisotopic (exact) mass is 230 g/mol. The van der Waals surface area contributed by atoms with Crippen LogP contribution in [0.4, 0.5) is 0 Å². The van der Waals surface area contributed by atoms with Gasteiger partial charge in [0.15, 0.2) is 5.75 Å². The van der Waals surface area contributed by atoms with Crippen LogP contribution in [-0.2, 0) is 14.8 Å². The number of morpholine rings is 1. The van der Waals surface area contributed by atoms with E-state index in [0.717, 1.165) is 19.3 Å². The van der Waals surface area contributed by atoms with Gasteiger partial charge in [0.2, 0.25) is 10.0 Å². The molecule has 1 aliphatic carbocycles. The number of hydrogen-bond acceptors (Lipinski definition) is 4. The van der Waals surface area contributed by atoms with Gasteiger partial charge in [-0.3, -0.25) is 0 Å². The summed E-state index contributed by atoms with van der Waals surface area (Å²) in [7, 11) is -3.40. The molecule has 0 amide bonds. The van der Waals surface area contributed by atoms with Crippen molar-refractivity contribution in [1.29, 1.82) is 5.26 Å². The highest BCUT2D eigenvalue weighted by molar-refractivity contribution is 7.89. The van der Waals surface area contributed by atoms with Crippen molar-refractivity contribution in [2.45, 2.75) is 31.4 Å². The van der Waals surface area contributed by atoms with Gasteiger partial charge in [0.25, 0.3) is 0 Å². The van der Waals surface area contributed by atoms with Gasteiger partial charge in [0, 0.05) is 6.54 Å². The van der Waals surface area contributed by atoms with Crippen molar-refractivity contribution in [1.82, 2.24) is 4.31 Å². The van der Waals surface area contributed by atoms with E-state index < -0.39 is 15.8 Å². The van der Waals surface area contributed by atoms with E-state index in [0.29, 0.717) is 13.2 Å². The Hall–Kier alpha value is -0.640. The Labute approximate surface area is 89.7 Å². The molecular formula is C9H14N2O3S. The molecule has 5 nitrogen and oxygen atoms in total. The first-order chi connectivity index (χ1) is 7.15. The average Bonchev–Trinajstić information content (AvgIpc) is 2.64. The fourth-order valence-corrected chi connectivity index (χ4v) is 3.74. The maximum Gasteiger partial charge on any atom is 0.228 e. The summed E-state index contributed by atoms with van der Waals surface area (Å²) in [6.45, 7) is 0.844. The first-order valence-electron chi connectivity index (χ1n) is 5.13. The Kier molecular flexibility index (Phi) is 2.96. The fraction of sp³-hybridized carbons (Fsp3) is 0.889. The predicted octanol–water partition coefficient (Wildman–Crippen LogP) is 0.0931. The largest absolute Gasteiger partial charge is 0.375 e. The fourth-order valence-electron chi connectivity index (χ4n) is 2.40. The summed E-state index contributed by atoms with van der Waals surface area (Å²) < 4.78 is 30.5. The van der Waals surface area contributed by atoms with Gasteiger partial charge in [0.05, 0.1) is 24.8 Å². The summed E-state index contributed by atoms with van der Waals surface area (Å²) >= 11 is 0. The second-order valence-corrected chi connectivity index (χ2v) is 5.85. The van der Waals surface area contributed by atoms with Crippen molar-refractivity contribution in [2.24, 2.45) is 0 Å². The van der Waals surface area contributed by atoms with Crippen LogP contribution in [0.25, 0.3) is 0 Å². The second kappa shape index (κ2) is 4.08. The highest BCUT2D eigenvalue weighted by Gasteiger charge is 2.41. The zero-order chi connectivity index (χ0) is 10.9. The van der Waals surface area contributed by atoms with Crippen LogP contribution < -0.4 is 0 Å². The Balaban J connectivity index is 2.18. The van der Waals surface area contributed by atoms with Crippen LogP contribution in [0.15, 0.2) is 0 Å². The summed E-state index contributed by atoms with van der Waals surface area (Å²) in [5.41, 5.74) is 0. The highest BCUT2D eigenvalue weighted by atomic mass is 32.2. The Morgan fingerprint density at radius 2 is 2.27 bits per heavy atom. The van der Waals surface area contributed by atoms with E-state index in [1.807, 2.05) is 0 Å². The van der Waals surface area contributed by atoms with E-state index in [9.17, 15) is 8.42 Å². The molecule has 15 heavy (non-hydrogen) atoms. The lowest BCUT2D eigenvalue weighted by atomic mass is 10.2. The topological polar surface area (TPSA) is 70.4 Å². The molecule has 0 aromatic heterocycles. The molecule has 0 bridgehead atoms. The van der Waals surface area contributed by atoms with E-state index in [1.54, 1.807) is 6.07 Å². The van der Waals surface area contributed by atoms with E-state index in [-0.39, 0.29) is 12.1 Å². The first kappa shape index (κ1) is 10.9. The zero-order valence-corrected chi connectivity index (χ0v) is 9.24. The lowest BCUT2D eigenvalue weighted by molar-refractivity contribution is -0.0240. The summed E-state index contributed by atoms with van der Waals surface area (Å²) in [5.74, 6) is -0.420. The van der Waals surface area contributed by atoms with Crippen LogP contribution >= 0.6 is 0 Å². The summed E-state index contributed by atoms with van der Waals surface area (Å²) in [4.78, 5) is 0. The molecule has 0 aromatic rings. The molecule has 2 unspecified atom stereocenters. The molecule has 0 radical (unpaired) electrons. The van der Waals surface area contributed by atoms with Crippen molar-refractivity contribution in [3.63, 3.8) is 0 Å². The predicted molar refractivity (Wildman–Crippen MR) is 53.5 cm³/mol. The van der Waals surface area contributed by atoms with Crippen LogP contribution in [0, 0.1) is 11.3 Å². The van der Waals surface area contributed by atoms with Crippen molar-refractivity contribution in [2.75, 3.05) is 18.9 Å². The third kappa shape index (κ3) is 2.00. The van der Waals surface area contributed by atoms with Gasteiger partial charge >= 0.3 is 0 Å². The van der Waals surface area contributed by atoms with Crippen LogP contribution in [0.5, 0.6) is 0 Å². The lowest BCUT2D eigenvalue weighted by Crippen LogP contribution is -2.51. The maximum absolute atomic E-state index is 11.8. The van der Waals surface area contributed by atoms with Gasteiger partial charge in [0.1, 0.15) is 0 Å². The molecular weight excluding hydrogens is 216 g/mol. The van der Waals surface area contributed by atoms with E-state index in [4.69, 9.17) is 10.00 Å². The third-order valence-corrected chi connectivity index (χ3v) is 4.70. The number of sulfonamides is 1. The summed E-state index contributed by atoms with van der Waals surface area (Å²) in [5, 5.41) is 8.49. The number of ether oxygens (including phenoxy) is 1. The normalized spacial score (nSPS) is 32.2. The molecule has 2 aliphatic rings. The van der Waals surface area contributed by atoms with Crippen LogP contribution in [0.3, 0.4) is 0 Å². The van der Waals surface area contributed by atoms with Crippen molar-refractivity contribution in [3.05, 3.63) is 0 Å². The second-order valence-electron chi connectivity index (χ2n) is 3.93. The SMILES string of the molecule is N#CCS(=O)(=O)N1CCOC2CCCC21. The van der Waals surface area contributed by atoms with Crippen molar-refractivity contribution in [3.8, 4) is 6.07 Å². The van der Waals surface area contributed by atoms with Crippen molar-refractivity contribution < 1.29 is 13.2 Å². The van der Waals surface area contributed by atoms with Crippen LogP contribution in [0.1, 0.15) is 19.3 Å². The number of nitriles is 1. The number of rotatable bonds is 2. The summed E-state index contributed by atoms with van der Waals surface area (Å²) in [6.07, 6.45) is 2.85. The molecule has 1 saturated carbocycles. The molecule has 1 aliphatic heterocycles. The molecule has 84 valence electrons. The molecule has 2 rings (SSSR count). The molecule has 0 spiro atoms.